The number of rotatable bonds is 15. The fourth-order valence-corrected chi connectivity index (χ4v) is 6.45. The normalized spacial score (nSPS) is 27.2. The summed E-state index contributed by atoms with van der Waals surface area (Å²) >= 11 is 0. The van der Waals surface area contributed by atoms with Crippen molar-refractivity contribution in [3.8, 4) is 0 Å². The highest BCUT2D eigenvalue weighted by Crippen LogP contribution is 2.37. The lowest BCUT2D eigenvalue weighted by molar-refractivity contribution is -0.165. The summed E-state index contributed by atoms with van der Waals surface area (Å²) in [4.78, 5) is 83.0. The van der Waals surface area contributed by atoms with Crippen molar-refractivity contribution in [1.82, 2.24) is 26.2 Å². The smallest absolute Gasteiger partial charge is 0.325 e. The number of amides is 5. The Hall–Kier alpha value is -3.26. The number of aliphatic hydroxyl groups excluding tert-OH is 1. The van der Waals surface area contributed by atoms with Crippen LogP contribution >= 0.6 is 0 Å². The standard InChI is InChI=1S/C37H66N6O8/c1-8-10-11-12-13-14-15-16-17-28-37(5,6)36(50)43(7)27(20-25-18-19-25)33(47)41-30(23(3)9-2)35(49)40-26(21-38)32(46)42-31(24(4)44)34(48)39-22-29(45)51-28/h23-28,30-31,44H,8-22,38H2,1-7H3,(H,39,48)(H,40,49)(H,41,47)(H,42,46)/t23-,24+,26+,27+,28-,30+,31+/m1/s1. The third-order valence-electron chi connectivity index (χ3n) is 10.4. The lowest BCUT2D eigenvalue weighted by Gasteiger charge is -2.39. The minimum Gasteiger partial charge on any atom is -0.460 e. The van der Waals surface area contributed by atoms with Crippen molar-refractivity contribution < 1.29 is 38.6 Å². The molecule has 2 rings (SSSR count). The van der Waals surface area contributed by atoms with E-state index in [0.717, 1.165) is 38.5 Å². The number of unbranched alkanes of at least 4 members (excludes halogenated alkanes) is 7. The predicted octanol–water partition coefficient (Wildman–Crippen LogP) is 2.05. The highest BCUT2D eigenvalue weighted by atomic mass is 16.5. The van der Waals surface area contributed by atoms with E-state index in [1.165, 1.54) is 31.1 Å². The van der Waals surface area contributed by atoms with E-state index in [2.05, 4.69) is 28.2 Å². The molecule has 0 aromatic heterocycles. The molecule has 0 spiro atoms. The number of nitrogens with two attached hydrogens (primary N) is 1. The third kappa shape index (κ3) is 13.7. The van der Waals surface area contributed by atoms with E-state index in [9.17, 15) is 33.9 Å². The largest absolute Gasteiger partial charge is 0.460 e. The van der Waals surface area contributed by atoms with Crippen molar-refractivity contribution in [3.63, 3.8) is 0 Å². The number of hydrogen-bond donors (Lipinski definition) is 6. The van der Waals surface area contributed by atoms with Gasteiger partial charge in [0.05, 0.1) is 11.5 Å². The molecule has 1 heterocycles. The summed E-state index contributed by atoms with van der Waals surface area (Å²) in [6.07, 6.45) is 9.37. The minimum absolute atomic E-state index is 0.248. The molecule has 1 saturated heterocycles. The van der Waals surface area contributed by atoms with Crippen LogP contribution in [0.25, 0.3) is 0 Å². The Kier molecular flexibility index (Phi) is 18.3. The van der Waals surface area contributed by atoms with Gasteiger partial charge in [0.2, 0.25) is 29.5 Å². The van der Waals surface area contributed by atoms with Gasteiger partial charge < -0.3 is 41.7 Å². The van der Waals surface area contributed by atoms with Crippen molar-refractivity contribution >= 4 is 35.5 Å². The quantitative estimate of drug-likeness (QED) is 0.108. The van der Waals surface area contributed by atoms with E-state index < -0.39 is 77.9 Å². The van der Waals surface area contributed by atoms with E-state index >= 15 is 0 Å². The van der Waals surface area contributed by atoms with Crippen LogP contribution in [0.15, 0.2) is 0 Å². The highest BCUT2D eigenvalue weighted by molar-refractivity contribution is 5.96. The maximum atomic E-state index is 14.4. The van der Waals surface area contributed by atoms with Crippen LogP contribution in [0.4, 0.5) is 0 Å². The molecule has 7 atom stereocenters. The molecule has 0 aromatic rings. The Morgan fingerprint density at radius 3 is 1.98 bits per heavy atom. The van der Waals surface area contributed by atoms with Crippen LogP contribution in [-0.2, 0) is 33.5 Å². The van der Waals surface area contributed by atoms with Gasteiger partial charge in [-0.15, -0.1) is 0 Å². The number of nitrogens with one attached hydrogen (secondary N) is 4. The maximum absolute atomic E-state index is 14.4. The molecule has 51 heavy (non-hydrogen) atoms. The van der Waals surface area contributed by atoms with Crippen LogP contribution in [0.1, 0.15) is 125 Å². The Morgan fingerprint density at radius 2 is 1.43 bits per heavy atom. The zero-order valence-corrected chi connectivity index (χ0v) is 32.1. The molecular weight excluding hydrogens is 656 g/mol. The summed E-state index contributed by atoms with van der Waals surface area (Å²) in [5.41, 5.74) is 4.60. The minimum atomic E-state index is -1.48. The molecule has 2 fully saturated rings. The predicted molar refractivity (Wildman–Crippen MR) is 194 cm³/mol. The van der Waals surface area contributed by atoms with Gasteiger partial charge in [0.25, 0.3) is 0 Å². The number of cyclic esters (lactones) is 1. The molecule has 14 heteroatoms. The second kappa shape index (κ2) is 21.3. The number of likely N-dealkylation sites (N-methyl/N-ethyl adjacent to an activating group) is 1. The van der Waals surface area contributed by atoms with Gasteiger partial charge in [-0.3, -0.25) is 28.8 Å². The van der Waals surface area contributed by atoms with Gasteiger partial charge in [-0.2, -0.15) is 0 Å². The Morgan fingerprint density at radius 1 is 0.843 bits per heavy atom. The molecule has 5 amide bonds. The number of carbonyl (C=O) groups is 6. The van der Waals surface area contributed by atoms with Gasteiger partial charge in [-0.25, -0.2) is 0 Å². The molecule has 292 valence electrons. The molecular formula is C37H66N6O8. The summed E-state index contributed by atoms with van der Waals surface area (Å²) in [5.74, 6) is -4.11. The van der Waals surface area contributed by atoms with Crippen molar-refractivity contribution in [2.24, 2.45) is 23.0 Å². The van der Waals surface area contributed by atoms with E-state index in [1.54, 1.807) is 27.8 Å². The zero-order chi connectivity index (χ0) is 38.3. The number of nitrogens with zero attached hydrogens (tertiary/aromatic N) is 1. The molecule has 2 aliphatic rings. The van der Waals surface area contributed by atoms with Crippen LogP contribution in [0.5, 0.6) is 0 Å². The topological polar surface area (TPSA) is 209 Å². The van der Waals surface area contributed by atoms with E-state index in [4.69, 9.17) is 10.5 Å². The van der Waals surface area contributed by atoms with Crippen LogP contribution in [0, 0.1) is 17.3 Å². The van der Waals surface area contributed by atoms with Gasteiger partial charge in [-0.1, -0.05) is 85.0 Å². The van der Waals surface area contributed by atoms with Crippen molar-refractivity contribution in [2.45, 2.75) is 161 Å². The van der Waals surface area contributed by atoms with E-state index in [1.807, 2.05) is 6.92 Å². The highest BCUT2D eigenvalue weighted by Gasteiger charge is 2.45. The summed E-state index contributed by atoms with van der Waals surface area (Å²) in [5, 5.41) is 20.7. The summed E-state index contributed by atoms with van der Waals surface area (Å²) < 4.78 is 5.92. The molecule has 0 bridgehead atoms. The fraction of sp³-hybridized carbons (Fsp3) is 0.838. The summed E-state index contributed by atoms with van der Waals surface area (Å²) in [6.45, 7) is 9.62. The molecule has 1 saturated carbocycles. The number of esters is 1. The van der Waals surface area contributed by atoms with Crippen LogP contribution in [0.2, 0.25) is 0 Å². The Balaban J connectivity index is 2.48. The molecule has 0 radical (unpaired) electrons. The second-order valence-corrected chi connectivity index (χ2v) is 15.2. The van der Waals surface area contributed by atoms with E-state index in [-0.39, 0.29) is 24.3 Å². The maximum Gasteiger partial charge on any atom is 0.325 e. The van der Waals surface area contributed by atoms with Crippen molar-refractivity contribution in [1.29, 1.82) is 0 Å². The first-order valence-corrected chi connectivity index (χ1v) is 19.1. The molecule has 14 nitrogen and oxygen atoms in total. The SMILES string of the molecule is CCCCCCCCCC[C@H]1OC(=O)CNC(=O)[C@H]([C@H](C)O)NC(=O)[C@H](CN)NC(=O)[C@H]([C@H](C)CC)NC(=O)[C@H](CC2CC2)N(C)C(=O)C1(C)C. The molecule has 0 unspecified atom stereocenters. The van der Waals surface area contributed by atoms with Crippen molar-refractivity contribution in [2.75, 3.05) is 20.1 Å². The Bertz CT molecular complexity index is 1180. The lowest BCUT2D eigenvalue weighted by atomic mass is 9.81. The first-order chi connectivity index (χ1) is 24.1. The Labute approximate surface area is 304 Å². The lowest BCUT2D eigenvalue weighted by Crippen LogP contribution is -2.62. The number of hydrogen-bond acceptors (Lipinski definition) is 9. The number of ether oxygens (including phenoxy) is 1. The molecule has 7 N–H and O–H groups in total. The molecule has 0 aromatic carbocycles. The molecule has 1 aliphatic heterocycles. The van der Waals surface area contributed by atoms with Gasteiger partial charge in [-0.05, 0) is 51.9 Å². The van der Waals surface area contributed by atoms with Gasteiger partial charge >= 0.3 is 5.97 Å². The first kappa shape index (κ1) is 43.9. The number of aliphatic hydroxyl groups is 1. The van der Waals surface area contributed by atoms with Crippen molar-refractivity contribution in [3.05, 3.63) is 0 Å². The monoisotopic (exact) mass is 722 g/mol. The molecule has 1 aliphatic carbocycles. The van der Waals surface area contributed by atoms with Crippen LogP contribution < -0.4 is 27.0 Å². The average Bonchev–Trinajstić information content (AvgIpc) is 3.92. The van der Waals surface area contributed by atoms with Crippen LogP contribution in [-0.4, -0.2) is 102 Å². The zero-order valence-electron chi connectivity index (χ0n) is 32.1. The third-order valence-corrected chi connectivity index (χ3v) is 10.4. The van der Waals surface area contributed by atoms with Gasteiger partial charge in [0.1, 0.15) is 36.8 Å². The first-order valence-electron chi connectivity index (χ1n) is 19.1. The van der Waals surface area contributed by atoms with Gasteiger partial charge in [0, 0.05) is 13.6 Å². The summed E-state index contributed by atoms with van der Waals surface area (Å²) in [7, 11) is 1.57. The average molecular weight is 723 g/mol. The second-order valence-electron chi connectivity index (χ2n) is 15.2. The van der Waals surface area contributed by atoms with E-state index in [0.29, 0.717) is 25.7 Å². The number of carbonyl (C=O) groups excluding carboxylic acids is 6. The van der Waals surface area contributed by atoms with Crippen LogP contribution in [0.3, 0.4) is 0 Å². The van der Waals surface area contributed by atoms with Gasteiger partial charge in [0.15, 0.2) is 0 Å². The summed E-state index contributed by atoms with van der Waals surface area (Å²) in [6, 6.07) is -4.74. The fourth-order valence-electron chi connectivity index (χ4n) is 6.45.